The van der Waals surface area contributed by atoms with E-state index in [1.807, 2.05) is 25.1 Å². The third-order valence-electron chi connectivity index (χ3n) is 2.50. The molecule has 2 rings (SSSR count). The Bertz CT molecular complexity index is 599. The lowest BCUT2D eigenvalue weighted by atomic mass is 10.2. The van der Waals surface area contributed by atoms with E-state index in [1.54, 1.807) is 0 Å². The number of carbonyl (C=O) groups is 1. The Balaban J connectivity index is 2.34. The van der Waals surface area contributed by atoms with Crippen molar-refractivity contribution in [2.75, 3.05) is 5.32 Å². The fourth-order valence-electron chi connectivity index (χ4n) is 1.51. The first-order valence-electron chi connectivity index (χ1n) is 5.28. The number of pyridine rings is 1. The Kier molecular flexibility index (Phi) is 3.81. The maximum atomic E-state index is 11.1. The van der Waals surface area contributed by atoms with Gasteiger partial charge in [-0.15, -0.1) is 0 Å². The lowest BCUT2D eigenvalue weighted by Gasteiger charge is -2.10. The lowest BCUT2D eigenvalue weighted by molar-refractivity contribution is 0.0698. The number of carboxylic acid groups (broad SMARTS) is 1. The number of aromatic nitrogens is 1. The van der Waals surface area contributed by atoms with Crippen LogP contribution in [0.4, 0.5) is 11.4 Å². The van der Waals surface area contributed by atoms with Crippen LogP contribution in [0.5, 0.6) is 0 Å². The minimum absolute atomic E-state index is 0.209. The molecule has 0 aliphatic rings. The summed E-state index contributed by atoms with van der Waals surface area (Å²) in [5, 5.41) is 12.1. The van der Waals surface area contributed by atoms with Gasteiger partial charge in [0.15, 0.2) is 0 Å². The zero-order chi connectivity index (χ0) is 13.1. The molecule has 0 spiro atoms. The van der Waals surface area contributed by atoms with Gasteiger partial charge in [0.05, 0.1) is 17.4 Å². The standard InChI is InChI=1S/C13H11IN2O2/c1-8-2-3-9(6-11(8)14)16-12-7-15-5-4-10(12)13(17)18/h2-7,16H,1H3,(H,17,18). The van der Waals surface area contributed by atoms with E-state index in [4.69, 9.17) is 5.11 Å². The molecular formula is C13H11IN2O2. The molecule has 2 aromatic rings. The Morgan fingerprint density at radius 3 is 2.83 bits per heavy atom. The normalized spacial score (nSPS) is 10.1. The summed E-state index contributed by atoms with van der Waals surface area (Å²) in [6, 6.07) is 7.34. The van der Waals surface area contributed by atoms with E-state index in [0.717, 1.165) is 9.26 Å². The van der Waals surface area contributed by atoms with Gasteiger partial charge < -0.3 is 10.4 Å². The highest BCUT2D eigenvalue weighted by Gasteiger charge is 2.09. The molecule has 0 aliphatic heterocycles. The molecule has 92 valence electrons. The average Bonchev–Trinajstić information content (AvgIpc) is 2.34. The molecule has 0 fully saturated rings. The largest absolute Gasteiger partial charge is 0.478 e. The van der Waals surface area contributed by atoms with Gasteiger partial charge in [0.2, 0.25) is 0 Å². The highest BCUT2D eigenvalue weighted by molar-refractivity contribution is 14.1. The highest BCUT2D eigenvalue weighted by atomic mass is 127. The van der Waals surface area contributed by atoms with Crippen LogP contribution in [0, 0.1) is 10.5 Å². The monoisotopic (exact) mass is 354 g/mol. The van der Waals surface area contributed by atoms with E-state index in [0.29, 0.717) is 5.69 Å². The van der Waals surface area contributed by atoms with Gasteiger partial charge in [0.25, 0.3) is 0 Å². The van der Waals surface area contributed by atoms with Crippen LogP contribution in [0.15, 0.2) is 36.7 Å². The number of nitrogens with zero attached hydrogens (tertiary/aromatic N) is 1. The van der Waals surface area contributed by atoms with Gasteiger partial charge in [-0.05, 0) is 53.3 Å². The zero-order valence-corrected chi connectivity index (χ0v) is 11.8. The quantitative estimate of drug-likeness (QED) is 0.829. The van der Waals surface area contributed by atoms with E-state index in [2.05, 4.69) is 32.9 Å². The Hall–Kier alpha value is -1.63. The summed E-state index contributed by atoms with van der Waals surface area (Å²) in [5.74, 6) is -0.971. The molecule has 1 aromatic carbocycles. The van der Waals surface area contributed by atoms with E-state index in [9.17, 15) is 4.79 Å². The van der Waals surface area contributed by atoms with Crippen molar-refractivity contribution in [3.63, 3.8) is 0 Å². The first-order valence-corrected chi connectivity index (χ1v) is 6.36. The van der Waals surface area contributed by atoms with Gasteiger partial charge in [-0.3, -0.25) is 4.98 Å². The third-order valence-corrected chi connectivity index (χ3v) is 3.66. The summed E-state index contributed by atoms with van der Waals surface area (Å²) in [4.78, 5) is 15.0. The number of nitrogens with one attached hydrogen (secondary N) is 1. The molecule has 0 atom stereocenters. The highest BCUT2D eigenvalue weighted by Crippen LogP contribution is 2.23. The summed E-state index contributed by atoms with van der Waals surface area (Å²) in [6.07, 6.45) is 2.98. The smallest absolute Gasteiger partial charge is 0.337 e. The lowest BCUT2D eigenvalue weighted by Crippen LogP contribution is -2.03. The number of hydrogen-bond donors (Lipinski definition) is 2. The molecule has 0 radical (unpaired) electrons. The predicted molar refractivity (Wildman–Crippen MR) is 78.4 cm³/mol. The number of halogens is 1. The van der Waals surface area contributed by atoms with Gasteiger partial charge in [0.1, 0.15) is 0 Å². The number of anilines is 2. The van der Waals surface area contributed by atoms with E-state index in [-0.39, 0.29) is 5.56 Å². The van der Waals surface area contributed by atoms with Crippen molar-refractivity contribution in [1.82, 2.24) is 4.98 Å². The zero-order valence-electron chi connectivity index (χ0n) is 9.64. The maximum absolute atomic E-state index is 11.1. The molecular weight excluding hydrogens is 343 g/mol. The van der Waals surface area contributed by atoms with Crippen LogP contribution in [-0.2, 0) is 0 Å². The van der Waals surface area contributed by atoms with Crippen molar-refractivity contribution in [1.29, 1.82) is 0 Å². The Labute approximate surface area is 118 Å². The molecule has 4 nitrogen and oxygen atoms in total. The molecule has 5 heteroatoms. The van der Waals surface area contributed by atoms with Gasteiger partial charge >= 0.3 is 5.97 Å². The van der Waals surface area contributed by atoms with Crippen molar-refractivity contribution < 1.29 is 9.90 Å². The van der Waals surface area contributed by atoms with Gasteiger partial charge in [-0.25, -0.2) is 4.79 Å². The molecule has 0 saturated heterocycles. The van der Waals surface area contributed by atoms with Crippen molar-refractivity contribution in [2.24, 2.45) is 0 Å². The van der Waals surface area contributed by atoms with Crippen LogP contribution in [0.3, 0.4) is 0 Å². The molecule has 0 saturated carbocycles. The van der Waals surface area contributed by atoms with Crippen LogP contribution in [0.2, 0.25) is 0 Å². The number of aryl methyl sites for hydroxylation is 1. The van der Waals surface area contributed by atoms with Crippen molar-refractivity contribution in [2.45, 2.75) is 6.92 Å². The van der Waals surface area contributed by atoms with Crippen LogP contribution in [0.25, 0.3) is 0 Å². The topological polar surface area (TPSA) is 62.2 Å². The second-order valence-electron chi connectivity index (χ2n) is 3.82. The van der Waals surface area contributed by atoms with Crippen LogP contribution in [0.1, 0.15) is 15.9 Å². The number of benzene rings is 1. The number of carboxylic acids is 1. The minimum atomic E-state index is -0.971. The SMILES string of the molecule is Cc1ccc(Nc2cnccc2C(=O)O)cc1I. The molecule has 2 N–H and O–H groups in total. The second kappa shape index (κ2) is 5.34. The maximum Gasteiger partial charge on any atom is 0.337 e. The molecule has 0 amide bonds. The fraction of sp³-hybridized carbons (Fsp3) is 0.0769. The van der Waals surface area contributed by atoms with E-state index in [1.165, 1.54) is 24.0 Å². The van der Waals surface area contributed by atoms with E-state index >= 15 is 0 Å². The Morgan fingerprint density at radius 2 is 2.17 bits per heavy atom. The Morgan fingerprint density at radius 1 is 1.39 bits per heavy atom. The molecule has 18 heavy (non-hydrogen) atoms. The summed E-state index contributed by atoms with van der Waals surface area (Å²) in [5.41, 5.74) is 2.73. The number of rotatable bonds is 3. The van der Waals surface area contributed by atoms with Crippen LogP contribution >= 0.6 is 22.6 Å². The summed E-state index contributed by atoms with van der Waals surface area (Å²) in [7, 11) is 0. The molecule has 1 heterocycles. The summed E-state index contributed by atoms with van der Waals surface area (Å²) < 4.78 is 1.12. The molecule has 1 aromatic heterocycles. The number of aromatic carboxylic acids is 1. The van der Waals surface area contributed by atoms with Gasteiger partial charge in [0, 0.05) is 15.5 Å². The molecule has 0 aliphatic carbocycles. The van der Waals surface area contributed by atoms with Crippen molar-refractivity contribution >= 4 is 39.9 Å². The average molecular weight is 354 g/mol. The first kappa shape index (κ1) is 12.8. The van der Waals surface area contributed by atoms with Gasteiger partial charge in [-0.1, -0.05) is 6.07 Å². The minimum Gasteiger partial charge on any atom is -0.478 e. The van der Waals surface area contributed by atoms with Crippen molar-refractivity contribution in [3.05, 3.63) is 51.4 Å². The van der Waals surface area contributed by atoms with Gasteiger partial charge in [-0.2, -0.15) is 0 Å². The van der Waals surface area contributed by atoms with Crippen LogP contribution in [-0.4, -0.2) is 16.1 Å². The fourth-order valence-corrected chi connectivity index (χ4v) is 2.02. The summed E-state index contributed by atoms with van der Waals surface area (Å²) in [6.45, 7) is 2.03. The summed E-state index contributed by atoms with van der Waals surface area (Å²) >= 11 is 2.24. The van der Waals surface area contributed by atoms with Crippen molar-refractivity contribution in [3.8, 4) is 0 Å². The predicted octanol–water partition coefficient (Wildman–Crippen LogP) is 3.44. The third kappa shape index (κ3) is 2.79. The van der Waals surface area contributed by atoms with E-state index < -0.39 is 5.97 Å². The number of hydrogen-bond acceptors (Lipinski definition) is 3. The second-order valence-corrected chi connectivity index (χ2v) is 4.98. The molecule has 0 unspecified atom stereocenters. The first-order chi connectivity index (χ1) is 8.58. The molecule has 0 bridgehead atoms. The van der Waals surface area contributed by atoms with Crippen LogP contribution < -0.4 is 5.32 Å².